The third kappa shape index (κ3) is 5.11. The Kier molecular flexibility index (Phi) is 6.18. The molecule has 0 fully saturated rings. The van der Waals surface area contributed by atoms with Crippen molar-refractivity contribution in [2.75, 3.05) is 23.8 Å². The Balaban J connectivity index is 1.89. The molecule has 0 saturated carbocycles. The zero-order valence-corrected chi connectivity index (χ0v) is 13.7. The molecule has 0 aliphatic rings. The van der Waals surface area contributed by atoms with Gasteiger partial charge in [-0.15, -0.1) is 17.9 Å². The summed E-state index contributed by atoms with van der Waals surface area (Å²) in [5.74, 6) is -1.46. The van der Waals surface area contributed by atoms with Gasteiger partial charge in [-0.2, -0.15) is 0 Å². The molecule has 10 heteroatoms. The number of hydrogen-bond donors (Lipinski definition) is 2. The summed E-state index contributed by atoms with van der Waals surface area (Å²) < 4.78 is 4.86. The fourth-order valence-electron chi connectivity index (χ4n) is 1.74. The number of aromatic nitrogens is 1. The fraction of sp³-hybridized carbons (Fsp3) is 0.133. The molecule has 0 radical (unpaired) electrons. The van der Waals surface area contributed by atoms with Crippen LogP contribution in [0.3, 0.4) is 0 Å². The van der Waals surface area contributed by atoms with E-state index in [4.69, 9.17) is 4.74 Å². The van der Waals surface area contributed by atoms with Gasteiger partial charge in [-0.25, -0.2) is 9.78 Å². The summed E-state index contributed by atoms with van der Waals surface area (Å²) in [4.78, 5) is 37.9. The molecule has 0 aliphatic heterocycles. The van der Waals surface area contributed by atoms with Crippen LogP contribution in [0.15, 0.2) is 42.3 Å². The molecule has 0 saturated heterocycles. The van der Waals surface area contributed by atoms with Gasteiger partial charge in [0.15, 0.2) is 17.4 Å². The molecule has 1 amide bonds. The van der Waals surface area contributed by atoms with Crippen LogP contribution in [-0.4, -0.2) is 34.9 Å². The summed E-state index contributed by atoms with van der Waals surface area (Å²) in [5, 5.41) is 18.2. The summed E-state index contributed by atoms with van der Waals surface area (Å²) in [6.07, 6.45) is 1.65. The number of nitrogens with one attached hydrogen (secondary N) is 2. The normalized spacial score (nSPS) is 9.92. The lowest BCUT2D eigenvalue weighted by Gasteiger charge is -2.06. The van der Waals surface area contributed by atoms with E-state index in [0.717, 1.165) is 0 Å². The van der Waals surface area contributed by atoms with E-state index in [1.165, 1.54) is 34.9 Å². The number of esters is 1. The summed E-state index contributed by atoms with van der Waals surface area (Å²) >= 11 is 1.21. The van der Waals surface area contributed by atoms with Gasteiger partial charge >= 0.3 is 5.97 Å². The third-order valence-corrected chi connectivity index (χ3v) is 3.62. The molecule has 0 unspecified atom stereocenters. The van der Waals surface area contributed by atoms with Crippen LogP contribution < -0.4 is 10.6 Å². The van der Waals surface area contributed by atoms with Crippen molar-refractivity contribution in [1.29, 1.82) is 0 Å². The molecule has 2 N–H and O–H groups in total. The third-order valence-electron chi connectivity index (χ3n) is 2.82. The van der Waals surface area contributed by atoms with E-state index in [9.17, 15) is 19.7 Å². The molecule has 0 bridgehead atoms. The second kappa shape index (κ2) is 8.55. The SMILES string of the molecule is C=CCNc1nc(C(=O)OCC(=O)Nc2ccccc2[N+](=O)[O-])cs1. The minimum absolute atomic E-state index is 0.0260. The average Bonchev–Trinajstić information content (AvgIpc) is 3.07. The van der Waals surface area contributed by atoms with Gasteiger partial charge in [0.1, 0.15) is 5.69 Å². The molecule has 0 atom stereocenters. The zero-order chi connectivity index (χ0) is 18.2. The van der Waals surface area contributed by atoms with Crippen molar-refractivity contribution in [3.8, 4) is 0 Å². The minimum atomic E-state index is -0.763. The molecule has 9 nitrogen and oxygen atoms in total. The maximum absolute atomic E-state index is 11.8. The van der Waals surface area contributed by atoms with E-state index < -0.39 is 23.4 Å². The van der Waals surface area contributed by atoms with Gasteiger partial charge in [0, 0.05) is 18.0 Å². The lowest BCUT2D eigenvalue weighted by Crippen LogP contribution is -2.21. The molecule has 25 heavy (non-hydrogen) atoms. The Hall–Kier alpha value is -3.27. The van der Waals surface area contributed by atoms with Crippen LogP contribution in [0.25, 0.3) is 0 Å². The molecule has 1 aromatic carbocycles. The van der Waals surface area contributed by atoms with E-state index in [1.54, 1.807) is 12.1 Å². The second-order valence-electron chi connectivity index (χ2n) is 4.61. The van der Waals surface area contributed by atoms with Crippen LogP contribution in [0.5, 0.6) is 0 Å². The number of ether oxygens (including phenoxy) is 1. The predicted octanol–water partition coefficient (Wildman–Crippen LogP) is 2.44. The summed E-state index contributed by atoms with van der Waals surface area (Å²) in [6.45, 7) is 3.47. The van der Waals surface area contributed by atoms with Crippen molar-refractivity contribution in [2.45, 2.75) is 0 Å². The molecular weight excluding hydrogens is 348 g/mol. The van der Waals surface area contributed by atoms with Crippen LogP contribution in [0.2, 0.25) is 0 Å². The number of nitro benzene ring substituents is 1. The highest BCUT2D eigenvalue weighted by Gasteiger charge is 2.17. The monoisotopic (exact) mass is 362 g/mol. The Morgan fingerprint density at radius 1 is 1.40 bits per heavy atom. The summed E-state index contributed by atoms with van der Waals surface area (Å²) in [5.41, 5.74) is -0.159. The van der Waals surface area contributed by atoms with Crippen molar-refractivity contribution >= 4 is 39.7 Å². The number of amides is 1. The second-order valence-corrected chi connectivity index (χ2v) is 5.46. The molecular formula is C15H14N4O5S. The van der Waals surface area contributed by atoms with Gasteiger partial charge in [-0.05, 0) is 6.07 Å². The standard InChI is InChI=1S/C15H14N4O5S/c1-2-7-16-15-18-11(9-25-15)14(21)24-8-13(20)17-10-5-3-4-6-12(10)19(22)23/h2-6,9H,1,7-8H2,(H,16,18)(H,17,20). The summed E-state index contributed by atoms with van der Waals surface area (Å²) in [6, 6.07) is 5.67. The number of anilines is 2. The van der Waals surface area contributed by atoms with Crippen molar-refractivity contribution in [3.63, 3.8) is 0 Å². The highest BCUT2D eigenvalue weighted by molar-refractivity contribution is 7.13. The number of thiazole rings is 1. The van der Waals surface area contributed by atoms with Crippen LogP contribution in [0.1, 0.15) is 10.5 Å². The van der Waals surface area contributed by atoms with E-state index in [0.29, 0.717) is 11.7 Å². The van der Waals surface area contributed by atoms with E-state index >= 15 is 0 Å². The maximum atomic E-state index is 11.8. The number of benzene rings is 1. The van der Waals surface area contributed by atoms with Crippen molar-refractivity contribution < 1.29 is 19.2 Å². The Labute approximate surface area is 146 Å². The van der Waals surface area contributed by atoms with Crippen molar-refractivity contribution in [2.24, 2.45) is 0 Å². The lowest BCUT2D eigenvalue weighted by atomic mass is 10.2. The molecule has 0 aliphatic carbocycles. The first-order valence-electron chi connectivity index (χ1n) is 7.02. The number of hydrogen-bond acceptors (Lipinski definition) is 8. The number of rotatable bonds is 8. The first kappa shape index (κ1) is 18.1. The molecule has 0 spiro atoms. The number of carbonyl (C=O) groups excluding carboxylic acids is 2. The molecule has 2 aromatic rings. The van der Waals surface area contributed by atoms with E-state index in [1.807, 2.05) is 0 Å². The predicted molar refractivity (Wildman–Crippen MR) is 92.8 cm³/mol. The number of para-hydroxylation sites is 2. The molecule has 1 aromatic heterocycles. The molecule has 1 heterocycles. The first-order chi connectivity index (χ1) is 12.0. The molecule has 2 rings (SSSR count). The van der Waals surface area contributed by atoms with Crippen LogP contribution >= 0.6 is 11.3 Å². The van der Waals surface area contributed by atoms with Crippen LogP contribution in [0, 0.1) is 10.1 Å². The largest absolute Gasteiger partial charge is 0.451 e. The lowest BCUT2D eigenvalue weighted by molar-refractivity contribution is -0.383. The quantitative estimate of drug-likeness (QED) is 0.320. The van der Waals surface area contributed by atoms with Crippen molar-refractivity contribution in [1.82, 2.24) is 4.98 Å². The first-order valence-corrected chi connectivity index (χ1v) is 7.90. The van der Waals surface area contributed by atoms with E-state index in [-0.39, 0.29) is 17.1 Å². The minimum Gasteiger partial charge on any atom is -0.451 e. The highest BCUT2D eigenvalue weighted by atomic mass is 32.1. The topological polar surface area (TPSA) is 123 Å². The van der Waals surface area contributed by atoms with Gasteiger partial charge < -0.3 is 15.4 Å². The highest BCUT2D eigenvalue weighted by Crippen LogP contribution is 2.23. The summed E-state index contributed by atoms with van der Waals surface area (Å²) in [7, 11) is 0. The van der Waals surface area contributed by atoms with Gasteiger partial charge in [-0.1, -0.05) is 18.2 Å². The van der Waals surface area contributed by atoms with Gasteiger partial charge in [-0.3, -0.25) is 14.9 Å². The Morgan fingerprint density at radius 3 is 2.88 bits per heavy atom. The molecule has 130 valence electrons. The van der Waals surface area contributed by atoms with Crippen LogP contribution in [0.4, 0.5) is 16.5 Å². The Bertz CT molecular complexity index is 805. The smallest absolute Gasteiger partial charge is 0.358 e. The van der Waals surface area contributed by atoms with Gasteiger partial charge in [0.2, 0.25) is 0 Å². The fourth-order valence-corrected chi connectivity index (χ4v) is 2.43. The zero-order valence-electron chi connectivity index (χ0n) is 12.9. The Morgan fingerprint density at radius 2 is 2.16 bits per heavy atom. The van der Waals surface area contributed by atoms with Crippen LogP contribution in [-0.2, 0) is 9.53 Å². The average molecular weight is 362 g/mol. The van der Waals surface area contributed by atoms with Crippen molar-refractivity contribution in [3.05, 3.63) is 58.1 Å². The van der Waals surface area contributed by atoms with Gasteiger partial charge in [0.25, 0.3) is 11.6 Å². The van der Waals surface area contributed by atoms with E-state index in [2.05, 4.69) is 22.2 Å². The maximum Gasteiger partial charge on any atom is 0.358 e. The van der Waals surface area contributed by atoms with Gasteiger partial charge in [0.05, 0.1) is 4.92 Å². The number of carbonyl (C=O) groups is 2. The number of nitro groups is 1. The number of nitrogens with zero attached hydrogens (tertiary/aromatic N) is 2.